The first-order valence-corrected chi connectivity index (χ1v) is 11.7. The minimum atomic E-state index is -1.29. The van der Waals surface area contributed by atoms with Crippen LogP contribution in [0.2, 0.25) is 0 Å². The lowest BCUT2D eigenvalue weighted by Gasteiger charge is -2.27. The molecule has 0 aliphatic carbocycles. The van der Waals surface area contributed by atoms with Gasteiger partial charge in [0.1, 0.15) is 29.6 Å². The molecule has 0 aromatic heterocycles. The van der Waals surface area contributed by atoms with Crippen molar-refractivity contribution in [3.63, 3.8) is 0 Å². The highest BCUT2D eigenvalue weighted by atomic mass is 16.4. The number of phenolic OH excluding ortho intramolecular Hbond substituents is 2. The van der Waals surface area contributed by atoms with Crippen LogP contribution in [0, 0.1) is 5.92 Å². The van der Waals surface area contributed by atoms with Crippen LogP contribution in [-0.4, -0.2) is 57.1 Å². The average Bonchev–Trinajstić information content (AvgIpc) is 2.83. The monoisotopic (exact) mass is 499 g/mol. The summed E-state index contributed by atoms with van der Waals surface area (Å²) in [6.45, 7) is 4.96. The molecule has 0 fully saturated rings. The van der Waals surface area contributed by atoms with Crippen molar-refractivity contribution < 1.29 is 34.5 Å². The summed E-state index contributed by atoms with van der Waals surface area (Å²) in [5, 5.41) is 36.5. The van der Waals surface area contributed by atoms with Crippen molar-refractivity contribution in [2.45, 2.75) is 58.2 Å². The van der Waals surface area contributed by atoms with Crippen LogP contribution in [-0.2, 0) is 32.0 Å². The Labute approximate surface area is 209 Å². The maximum absolute atomic E-state index is 13.2. The zero-order chi connectivity index (χ0) is 26.8. The third-order valence-electron chi connectivity index (χ3n) is 5.85. The molecule has 194 valence electrons. The smallest absolute Gasteiger partial charge is 0.326 e. The van der Waals surface area contributed by atoms with Crippen LogP contribution in [0.15, 0.2) is 48.5 Å². The predicted molar refractivity (Wildman–Crippen MR) is 132 cm³/mol. The maximum atomic E-state index is 13.2. The Morgan fingerprint density at radius 3 is 1.61 bits per heavy atom. The van der Waals surface area contributed by atoms with Gasteiger partial charge in [-0.25, -0.2) is 4.79 Å². The predicted octanol–water partition coefficient (Wildman–Crippen LogP) is 1.49. The second-order valence-electron chi connectivity index (χ2n) is 8.77. The number of carboxylic acid groups (broad SMARTS) is 1. The van der Waals surface area contributed by atoms with Gasteiger partial charge in [-0.15, -0.1) is 0 Å². The Balaban J connectivity index is 2.27. The van der Waals surface area contributed by atoms with Gasteiger partial charge in [0, 0.05) is 19.8 Å². The summed E-state index contributed by atoms with van der Waals surface area (Å²) in [5.74, 6) is -3.09. The first-order valence-electron chi connectivity index (χ1n) is 11.7. The molecule has 3 amide bonds. The van der Waals surface area contributed by atoms with E-state index in [0.717, 1.165) is 0 Å². The minimum Gasteiger partial charge on any atom is -0.508 e. The first-order chi connectivity index (χ1) is 17.0. The summed E-state index contributed by atoms with van der Waals surface area (Å²) >= 11 is 0. The van der Waals surface area contributed by atoms with E-state index in [-0.39, 0.29) is 30.3 Å². The van der Waals surface area contributed by atoms with Crippen LogP contribution in [0.3, 0.4) is 0 Å². The molecule has 0 unspecified atom stereocenters. The zero-order valence-corrected chi connectivity index (χ0v) is 20.5. The lowest BCUT2D eigenvalue weighted by molar-refractivity contribution is -0.142. The summed E-state index contributed by atoms with van der Waals surface area (Å²) in [6, 6.07) is 8.68. The van der Waals surface area contributed by atoms with Gasteiger partial charge in [0.15, 0.2) is 0 Å². The Kier molecular flexibility index (Phi) is 10.3. The normalized spacial score (nSPS) is 14.1. The molecule has 0 spiro atoms. The average molecular weight is 500 g/mol. The molecule has 36 heavy (non-hydrogen) atoms. The molecule has 10 heteroatoms. The van der Waals surface area contributed by atoms with E-state index in [4.69, 9.17) is 0 Å². The fourth-order valence-corrected chi connectivity index (χ4v) is 3.60. The number of aromatic hydroxyl groups is 2. The Hall–Kier alpha value is -4.08. The number of amides is 3. The number of hydrogen-bond acceptors (Lipinski definition) is 6. The molecule has 0 bridgehead atoms. The highest BCUT2D eigenvalue weighted by Gasteiger charge is 2.31. The lowest BCUT2D eigenvalue weighted by Crippen LogP contribution is -2.57. The topological polar surface area (TPSA) is 165 Å². The van der Waals surface area contributed by atoms with Crippen molar-refractivity contribution in [2.24, 2.45) is 5.92 Å². The molecule has 0 aliphatic rings. The third kappa shape index (κ3) is 8.61. The van der Waals surface area contributed by atoms with Gasteiger partial charge in [-0.05, 0) is 41.3 Å². The molecular formula is C26H33N3O7. The van der Waals surface area contributed by atoms with E-state index >= 15 is 0 Å². The molecular weight excluding hydrogens is 466 g/mol. The molecule has 0 radical (unpaired) electrons. The molecule has 4 atom stereocenters. The van der Waals surface area contributed by atoms with Crippen molar-refractivity contribution in [1.82, 2.24) is 16.0 Å². The number of benzene rings is 2. The number of hydrogen-bond donors (Lipinski definition) is 6. The summed E-state index contributed by atoms with van der Waals surface area (Å²) in [4.78, 5) is 49.9. The maximum Gasteiger partial charge on any atom is 0.326 e. The summed E-state index contributed by atoms with van der Waals surface area (Å²) < 4.78 is 0. The molecule has 6 N–H and O–H groups in total. The highest BCUT2D eigenvalue weighted by molar-refractivity contribution is 5.93. The van der Waals surface area contributed by atoms with Crippen molar-refractivity contribution in [2.75, 3.05) is 0 Å². The van der Waals surface area contributed by atoms with E-state index in [1.807, 2.05) is 6.92 Å². The number of carbonyl (C=O) groups is 4. The number of carbonyl (C=O) groups excluding carboxylic acids is 3. The van der Waals surface area contributed by atoms with E-state index in [9.17, 15) is 34.5 Å². The summed E-state index contributed by atoms with van der Waals surface area (Å²) in [6.07, 6.45) is 0.584. The quantitative estimate of drug-likeness (QED) is 0.257. The fraction of sp³-hybridized carbons (Fsp3) is 0.385. The Morgan fingerprint density at radius 2 is 1.19 bits per heavy atom. The number of carboxylic acids is 1. The molecule has 2 aromatic carbocycles. The molecule has 2 aromatic rings. The molecule has 10 nitrogen and oxygen atoms in total. The van der Waals surface area contributed by atoms with Crippen LogP contribution in [0.5, 0.6) is 11.5 Å². The van der Waals surface area contributed by atoms with Gasteiger partial charge in [-0.3, -0.25) is 14.4 Å². The van der Waals surface area contributed by atoms with Crippen LogP contribution in [0.1, 0.15) is 38.3 Å². The van der Waals surface area contributed by atoms with Crippen LogP contribution >= 0.6 is 0 Å². The second kappa shape index (κ2) is 13.1. The van der Waals surface area contributed by atoms with Crippen LogP contribution < -0.4 is 16.0 Å². The standard InChI is InChI=1S/C26H33N3O7/c1-4-15(2)23(27-16(3)30)25(34)28-21(13-17-5-9-19(31)10-6-17)24(33)29-22(26(35)36)14-18-7-11-20(32)12-8-18/h5-12,15,21-23,31-32H,4,13-14H2,1-3H3,(H,27,30)(H,28,34)(H,29,33)(H,35,36)/t15-,21+,22-,23+/m1/s1. The SMILES string of the molecule is CC[C@@H](C)[C@H](NC(C)=O)C(=O)N[C@@H](Cc1ccc(O)cc1)C(=O)N[C@H](Cc1ccc(O)cc1)C(=O)O. The molecule has 0 heterocycles. The highest BCUT2D eigenvalue weighted by Crippen LogP contribution is 2.14. The van der Waals surface area contributed by atoms with E-state index in [1.165, 1.54) is 31.2 Å². The van der Waals surface area contributed by atoms with Crippen molar-refractivity contribution in [3.8, 4) is 11.5 Å². The van der Waals surface area contributed by atoms with E-state index in [0.29, 0.717) is 17.5 Å². The number of phenols is 2. The lowest BCUT2D eigenvalue weighted by atomic mass is 9.97. The largest absolute Gasteiger partial charge is 0.508 e. The van der Waals surface area contributed by atoms with Crippen molar-refractivity contribution in [3.05, 3.63) is 59.7 Å². The van der Waals surface area contributed by atoms with Crippen LogP contribution in [0.4, 0.5) is 0 Å². The molecule has 0 saturated heterocycles. The Morgan fingerprint density at radius 1 is 0.750 bits per heavy atom. The van der Waals surface area contributed by atoms with Gasteiger partial charge in [0.2, 0.25) is 17.7 Å². The van der Waals surface area contributed by atoms with E-state index in [1.54, 1.807) is 31.2 Å². The minimum absolute atomic E-state index is 0.0245. The Bertz CT molecular complexity index is 1050. The van der Waals surface area contributed by atoms with Crippen molar-refractivity contribution >= 4 is 23.7 Å². The number of aliphatic carboxylic acids is 1. The first kappa shape index (κ1) is 28.2. The van der Waals surface area contributed by atoms with Crippen LogP contribution in [0.25, 0.3) is 0 Å². The summed E-state index contributed by atoms with van der Waals surface area (Å²) in [5.41, 5.74) is 1.21. The molecule has 0 saturated carbocycles. The van der Waals surface area contributed by atoms with Gasteiger partial charge in [-0.1, -0.05) is 44.5 Å². The van der Waals surface area contributed by atoms with Gasteiger partial charge in [0.05, 0.1) is 0 Å². The third-order valence-corrected chi connectivity index (χ3v) is 5.85. The van der Waals surface area contributed by atoms with Gasteiger partial charge < -0.3 is 31.3 Å². The van der Waals surface area contributed by atoms with E-state index in [2.05, 4.69) is 16.0 Å². The fourth-order valence-electron chi connectivity index (χ4n) is 3.60. The van der Waals surface area contributed by atoms with E-state index < -0.39 is 41.8 Å². The molecule has 0 aliphatic heterocycles. The summed E-state index contributed by atoms with van der Waals surface area (Å²) in [7, 11) is 0. The van der Waals surface area contributed by atoms with Crippen molar-refractivity contribution in [1.29, 1.82) is 0 Å². The number of nitrogens with one attached hydrogen (secondary N) is 3. The van der Waals surface area contributed by atoms with Gasteiger partial charge >= 0.3 is 5.97 Å². The zero-order valence-electron chi connectivity index (χ0n) is 20.5. The van der Waals surface area contributed by atoms with Gasteiger partial charge in [-0.2, -0.15) is 0 Å². The van der Waals surface area contributed by atoms with Gasteiger partial charge in [0.25, 0.3) is 0 Å². The molecule has 2 rings (SSSR count). The second-order valence-corrected chi connectivity index (χ2v) is 8.77. The number of rotatable bonds is 12.